The Bertz CT molecular complexity index is 890. The molecule has 0 aliphatic rings. The van der Waals surface area contributed by atoms with Gasteiger partial charge < -0.3 is 4.52 Å². The van der Waals surface area contributed by atoms with Gasteiger partial charge in [0.25, 0.3) is 0 Å². The van der Waals surface area contributed by atoms with Gasteiger partial charge in [-0.25, -0.2) is 23.1 Å². The molecule has 0 saturated heterocycles. The van der Waals surface area contributed by atoms with Crippen LogP contribution in [0.15, 0.2) is 58.2 Å². The van der Waals surface area contributed by atoms with E-state index in [1.54, 1.807) is 13.0 Å². The third-order valence-corrected chi connectivity index (χ3v) is 4.44. The number of aromatic nitrogens is 3. The molecule has 0 unspecified atom stereocenters. The highest BCUT2D eigenvalue weighted by Gasteiger charge is 2.16. The number of hydrogen-bond acceptors (Lipinski definition) is 6. The fourth-order valence-electron chi connectivity index (χ4n) is 1.94. The summed E-state index contributed by atoms with van der Waals surface area (Å²) in [6.07, 6.45) is 2.56. The third kappa shape index (κ3) is 3.61. The van der Waals surface area contributed by atoms with Crippen molar-refractivity contribution in [2.24, 2.45) is 0 Å². The van der Waals surface area contributed by atoms with Crippen LogP contribution in [-0.4, -0.2) is 23.5 Å². The number of aryl methyl sites for hydroxylation is 1. The summed E-state index contributed by atoms with van der Waals surface area (Å²) in [6.45, 7) is 1.78. The van der Waals surface area contributed by atoms with Crippen molar-refractivity contribution in [2.45, 2.75) is 18.4 Å². The Morgan fingerprint density at radius 3 is 2.43 bits per heavy atom. The number of benzene rings is 1. The van der Waals surface area contributed by atoms with E-state index in [1.165, 1.54) is 12.4 Å². The van der Waals surface area contributed by atoms with Gasteiger partial charge in [0, 0.05) is 11.6 Å². The first-order chi connectivity index (χ1) is 11.0. The van der Waals surface area contributed by atoms with Crippen molar-refractivity contribution in [3.63, 3.8) is 0 Å². The van der Waals surface area contributed by atoms with Gasteiger partial charge in [-0.15, -0.1) is 0 Å². The van der Waals surface area contributed by atoms with Crippen LogP contribution in [0.25, 0.3) is 11.4 Å². The molecule has 0 radical (unpaired) electrons. The van der Waals surface area contributed by atoms with Crippen molar-refractivity contribution >= 4 is 10.0 Å². The first kappa shape index (κ1) is 15.3. The molecule has 8 heteroatoms. The highest BCUT2D eigenvalue weighted by Crippen LogP contribution is 2.15. The number of hydrogen-bond donors (Lipinski definition) is 1. The van der Waals surface area contributed by atoms with Crippen LogP contribution in [0.3, 0.4) is 0 Å². The molecule has 0 saturated carbocycles. The normalized spacial score (nSPS) is 11.5. The molecule has 0 atom stereocenters. The van der Waals surface area contributed by atoms with E-state index < -0.39 is 10.0 Å². The standard InChI is InChI=1S/C15H14N4O3S/c1-11-7-13(22-19-11)8-18-23(20,21)14-9-16-15(17-10-14)12-5-3-2-4-6-12/h2-7,9-10,18H,8H2,1H3. The summed E-state index contributed by atoms with van der Waals surface area (Å²) in [4.78, 5) is 8.21. The second kappa shape index (κ2) is 6.27. The van der Waals surface area contributed by atoms with Gasteiger partial charge in [0.05, 0.1) is 24.6 Å². The van der Waals surface area contributed by atoms with E-state index in [9.17, 15) is 8.42 Å². The predicted octanol–water partition coefficient (Wildman–Crippen LogP) is 1.92. The lowest BCUT2D eigenvalue weighted by Crippen LogP contribution is -2.23. The molecule has 3 rings (SSSR count). The van der Waals surface area contributed by atoms with E-state index in [0.717, 1.165) is 5.56 Å². The molecule has 0 spiro atoms. The van der Waals surface area contributed by atoms with Crippen molar-refractivity contribution in [1.29, 1.82) is 0 Å². The molecule has 0 aliphatic heterocycles. The summed E-state index contributed by atoms with van der Waals surface area (Å²) < 4.78 is 31.8. The second-order valence-corrected chi connectivity index (χ2v) is 6.63. The van der Waals surface area contributed by atoms with Crippen molar-refractivity contribution in [1.82, 2.24) is 19.8 Å². The van der Waals surface area contributed by atoms with E-state index >= 15 is 0 Å². The number of sulfonamides is 1. The molecule has 0 amide bonds. The molecule has 0 fully saturated rings. The molecule has 2 heterocycles. The van der Waals surface area contributed by atoms with E-state index in [2.05, 4.69) is 19.8 Å². The van der Waals surface area contributed by atoms with E-state index in [4.69, 9.17) is 4.52 Å². The molecule has 0 bridgehead atoms. The van der Waals surface area contributed by atoms with Crippen LogP contribution in [0.5, 0.6) is 0 Å². The van der Waals surface area contributed by atoms with Crippen molar-refractivity contribution in [3.05, 3.63) is 60.2 Å². The molecule has 3 aromatic rings. The van der Waals surface area contributed by atoms with Gasteiger partial charge >= 0.3 is 0 Å². The molecule has 23 heavy (non-hydrogen) atoms. The summed E-state index contributed by atoms with van der Waals surface area (Å²) in [5.74, 6) is 0.906. The molecule has 0 aliphatic carbocycles. The largest absolute Gasteiger partial charge is 0.360 e. The molecule has 7 nitrogen and oxygen atoms in total. The van der Waals surface area contributed by atoms with Crippen LogP contribution in [-0.2, 0) is 16.6 Å². The summed E-state index contributed by atoms with van der Waals surface area (Å²) in [5.41, 5.74) is 1.51. The van der Waals surface area contributed by atoms with Gasteiger partial charge in [-0.3, -0.25) is 0 Å². The lowest BCUT2D eigenvalue weighted by molar-refractivity contribution is 0.377. The van der Waals surface area contributed by atoms with E-state index in [-0.39, 0.29) is 11.4 Å². The van der Waals surface area contributed by atoms with Crippen LogP contribution >= 0.6 is 0 Å². The second-order valence-electron chi connectivity index (χ2n) is 4.87. The van der Waals surface area contributed by atoms with Crippen LogP contribution < -0.4 is 4.72 Å². The maximum Gasteiger partial charge on any atom is 0.244 e. The zero-order valence-corrected chi connectivity index (χ0v) is 13.1. The fraction of sp³-hybridized carbons (Fsp3) is 0.133. The summed E-state index contributed by atoms with van der Waals surface area (Å²) in [5, 5.41) is 3.70. The predicted molar refractivity (Wildman–Crippen MR) is 82.7 cm³/mol. The lowest BCUT2D eigenvalue weighted by atomic mass is 10.2. The maximum atomic E-state index is 12.2. The van der Waals surface area contributed by atoms with Crippen molar-refractivity contribution in [3.8, 4) is 11.4 Å². The molecule has 2 aromatic heterocycles. The minimum absolute atomic E-state index is 0.00609. The maximum absolute atomic E-state index is 12.2. The molecular formula is C15H14N4O3S. The Balaban J connectivity index is 1.75. The van der Waals surface area contributed by atoms with Gasteiger partial charge in [-0.2, -0.15) is 0 Å². The van der Waals surface area contributed by atoms with E-state index in [1.807, 2.05) is 30.3 Å². The Hall–Kier alpha value is -2.58. The monoisotopic (exact) mass is 330 g/mol. The zero-order chi connectivity index (χ0) is 16.3. The Labute approximate surface area is 133 Å². The highest BCUT2D eigenvalue weighted by atomic mass is 32.2. The van der Waals surface area contributed by atoms with E-state index in [0.29, 0.717) is 17.3 Å². The number of nitrogens with one attached hydrogen (secondary N) is 1. The molecule has 118 valence electrons. The highest BCUT2D eigenvalue weighted by molar-refractivity contribution is 7.89. The fourth-order valence-corrected chi connectivity index (χ4v) is 2.82. The average molecular weight is 330 g/mol. The number of rotatable bonds is 5. The Morgan fingerprint density at radius 2 is 1.83 bits per heavy atom. The first-order valence-corrected chi connectivity index (χ1v) is 8.32. The summed E-state index contributed by atoms with van der Waals surface area (Å²) >= 11 is 0. The van der Waals surface area contributed by atoms with Gasteiger partial charge in [-0.05, 0) is 6.92 Å². The summed E-state index contributed by atoms with van der Waals surface area (Å²) in [7, 11) is -3.71. The topological polar surface area (TPSA) is 98.0 Å². The average Bonchev–Trinajstić information content (AvgIpc) is 3.00. The lowest BCUT2D eigenvalue weighted by Gasteiger charge is -2.05. The van der Waals surface area contributed by atoms with Crippen LogP contribution in [0.2, 0.25) is 0 Å². The third-order valence-electron chi connectivity index (χ3n) is 3.08. The number of nitrogens with zero attached hydrogens (tertiary/aromatic N) is 3. The van der Waals surface area contributed by atoms with Crippen molar-refractivity contribution in [2.75, 3.05) is 0 Å². The molecule has 1 aromatic carbocycles. The van der Waals surface area contributed by atoms with Gasteiger partial charge in [0.2, 0.25) is 10.0 Å². The minimum Gasteiger partial charge on any atom is -0.360 e. The van der Waals surface area contributed by atoms with Crippen LogP contribution in [0.4, 0.5) is 0 Å². The van der Waals surface area contributed by atoms with Crippen LogP contribution in [0.1, 0.15) is 11.5 Å². The van der Waals surface area contributed by atoms with Gasteiger partial charge in [0.1, 0.15) is 4.90 Å². The molecular weight excluding hydrogens is 316 g/mol. The SMILES string of the molecule is Cc1cc(CNS(=O)(=O)c2cnc(-c3ccccc3)nc2)on1. The van der Waals surface area contributed by atoms with Gasteiger partial charge in [-0.1, -0.05) is 35.5 Å². The Morgan fingerprint density at radius 1 is 1.13 bits per heavy atom. The van der Waals surface area contributed by atoms with Crippen LogP contribution in [0, 0.1) is 6.92 Å². The smallest absolute Gasteiger partial charge is 0.244 e. The van der Waals surface area contributed by atoms with Crippen molar-refractivity contribution < 1.29 is 12.9 Å². The van der Waals surface area contributed by atoms with Gasteiger partial charge in [0.15, 0.2) is 11.6 Å². The zero-order valence-electron chi connectivity index (χ0n) is 12.3. The summed E-state index contributed by atoms with van der Waals surface area (Å²) in [6, 6.07) is 11.0. The molecule has 1 N–H and O–H groups in total. The first-order valence-electron chi connectivity index (χ1n) is 6.84. The Kier molecular flexibility index (Phi) is 4.18. The quantitative estimate of drug-likeness (QED) is 0.767. The minimum atomic E-state index is -3.71.